The highest BCUT2D eigenvalue weighted by molar-refractivity contribution is 5.99. The molecule has 38 heavy (non-hydrogen) atoms. The molecule has 1 saturated carbocycles. The lowest BCUT2D eigenvalue weighted by molar-refractivity contribution is -0.138. The molecule has 10 nitrogen and oxygen atoms in total. The van der Waals surface area contributed by atoms with E-state index in [9.17, 15) is 19.5 Å². The number of phenolic OH excluding ortho intramolecular Hbond substituents is 1. The Morgan fingerprint density at radius 1 is 1.24 bits per heavy atom. The number of H-pyrrole nitrogens is 1. The number of rotatable bonds is 8. The molecule has 5 N–H and O–H groups in total. The van der Waals surface area contributed by atoms with E-state index in [0.717, 1.165) is 37.8 Å². The highest BCUT2D eigenvalue weighted by atomic mass is 35.5. The Morgan fingerprint density at radius 3 is 2.71 bits per heavy atom. The van der Waals surface area contributed by atoms with Crippen molar-refractivity contribution in [2.75, 3.05) is 19.7 Å². The topological polar surface area (TPSA) is 154 Å². The molecule has 2 aromatic heterocycles. The third-order valence-electron chi connectivity index (χ3n) is 6.99. The van der Waals surface area contributed by atoms with E-state index in [2.05, 4.69) is 20.6 Å². The number of nitrogens with one attached hydrogen (secondary N) is 3. The number of hydrogen-bond acceptors (Lipinski definition) is 7. The van der Waals surface area contributed by atoms with Crippen LogP contribution in [0.4, 0.5) is 0 Å². The van der Waals surface area contributed by atoms with Gasteiger partial charge in [-0.3, -0.25) is 14.4 Å². The molecule has 11 heteroatoms. The summed E-state index contributed by atoms with van der Waals surface area (Å²) in [4.78, 5) is 44.2. The van der Waals surface area contributed by atoms with E-state index in [1.165, 1.54) is 13.0 Å². The molecule has 1 aromatic carbocycles. The van der Waals surface area contributed by atoms with Crippen molar-refractivity contribution < 1.29 is 24.5 Å². The zero-order chi connectivity index (χ0) is 26.1. The molecule has 1 unspecified atom stereocenters. The van der Waals surface area contributed by atoms with Gasteiger partial charge in [0.1, 0.15) is 28.8 Å². The molecule has 2 aliphatic rings. The predicted molar refractivity (Wildman–Crippen MR) is 144 cm³/mol. The number of pyridine rings is 2. The molecule has 2 atom stereocenters. The second-order valence-electron chi connectivity index (χ2n) is 9.85. The minimum atomic E-state index is -1.20. The van der Waals surface area contributed by atoms with Crippen LogP contribution in [0.1, 0.15) is 54.4 Å². The molecule has 1 amide bonds. The van der Waals surface area contributed by atoms with Crippen LogP contribution in [0.2, 0.25) is 0 Å². The van der Waals surface area contributed by atoms with Crippen molar-refractivity contribution in [3.63, 3.8) is 0 Å². The first kappa shape index (κ1) is 27.4. The third-order valence-corrected chi connectivity index (χ3v) is 6.99. The van der Waals surface area contributed by atoms with Crippen LogP contribution in [-0.2, 0) is 4.79 Å². The summed E-state index contributed by atoms with van der Waals surface area (Å²) in [5, 5.41) is 26.3. The van der Waals surface area contributed by atoms with Gasteiger partial charge in [-0.25, -0.2) is 4.98 Å². The number of piperidine rings is 1. The van der Waals surface area contributed by atoms with Gasteiger partial charge in [0.25, 0.3) is 11.5 Å². The SMILES string of the molecule is C[C@H](NC(=O)c1cc2c(C3CCCNC3)cc(-c3c(O)cccc3OCC3CC3)nc2[nH]c1=O)C(=O)O.Cl. The van der Waals surface area contributed by atoms with Crippen LogP contribution in [0, 0.1) is 5.92 Å². The molecule has 1 aliphatic carbocycles. The number of aliphatic carboxylic acids is 1. The van der Waals surface area contributed by atoms with Crippen LogP contribution >= 0.6 is 12.4 Å². The number of hydrogen-bond donors (Lipinski definition) is 5. The first-order valence-electron chi connectivity index (χ1n) is 12.6. The average Bonchev–Trinajstić information content (AvgIpc) is 3.71. The van der Waals surface area contributed by atoms with Crippen LogP contribution in [0.5, 0.6) is 11.5 Å². The number of ether oxygens (including phenoxy) is 1. The fourth-order valence-corrected chi connectivity index (χ4v) is 4.68. The molecule has 1 aliphatic heterocycles. The smallest absolute Gasteiger partial charge is 0.325 e. The Morgan fingerprint density at radius 2 is 2.03 bits per heavy atom. The van der Waals surface area contributed by atoms with Crippen molar-refractivity contribution in [1.29, 1.82) is 0 Å². The molecule has 3 aromatic rings. The van der Waals surface area contributed by atoms with Crippen molar-refractivity contribution in [3.8, 4) is 22.8 Å². The van der Waals surface area contributed by atoms with Gasteiger partial charge in [0.15, 0.2) is 0 Å². The highest BCUT2D eigenvalue weighted by Gasteiger charge is 2.26. The van der Waals surface area contributed by atoms with Crippen LogP contribution in [0.15, 0.2) is 35.1 Å². The Hall–Kier alpha value is -3.63. The second-order valence-corrected chi connectivity index (χ2v) is 9.85. The van der Waals surface area contributed by atoms with Gasteiger partial charge in [-0.1, -0.05) is 6.07 Å². The number of phenols is 1. The van der Waals surface area contributed by atoms with E-state index in [1.54, 1.807) is 18.2 Å². The summed E-state index contributed by atoms with van der Waals surface area (Å²) in [5.41, 5.74) is 1.21. The van der Waals surface area contributed by atoms with Crippen molar-refractivity contribution in [2.24, 2.45) is 5.92 Å². The van der Waals surface area contributed by atoms with E-state index in [4.69, 9.17) is 9.84 Å². The number of aromatic hydroxyl groups is 1. The molecule has 5 rings (SSSR count). The Balaban J connectivity index is 0.00000336. The molecule has 2 fully saturated rings. The normalized spacial score (nSPS) is 17.9. The lowest BCUT2D eigenvalue weighted by Gasteiger charge is -2.25. The van der Waals surface area contributed by atoms with E-state index in [0.29, 0.717) is 41.5 Å². The minimum Gasteiger partial charge on any atom is -0.507 e. The summed E-state index contributed by atoms with van der Waals surface area (Å²) in [7, 11) is 0. The van der Waals surface area contributed by atoms with Gasteiger partial charge in [0.05, 0.1) is 17.9 Å². The summed E-state index contributed by atoms with van der Waals surface area (Å²) >= 11 is 0. The number of halogens is 1. The van der Waals surface area contributed by atoms with Crippen LogP contribution in [0.25, 0.3) is 22.3 Å². The summed E-state index contributed by atoms with van der Waals surface area (Å²) in [5.74, 6) is -0.825. The predicted octanol–water partition coefficient (Wildman–Crippen LogP) is 3.18. The minimum absolute atomic E-state index is 0. The van der Waals surface area contributed by atoms with E-state index >= 15 is 0 Å². The molecule has 202 valence electrons. The van der Waals surface area contributed by atoms with Crippen LogP contribution in [0.3, 0.4) is 0 Å². The van der Waals surface area contributed by atoms with E-state index < -0.39 is 23.5 Å². The number of carbonyl (C=O) groups excluding carboxylic acids is 1. The number of carbonyl (C=O) groups is 2. The number of fused-ring (bicyclic) bond motifs is 1. The molecule has 1 saturated heterocycles. The third kappa shape index (κ3) is 5.76. The monoisotopic (exact) mass is 542 g/mol. The highest BCUT2D eigenvalue weighted by Crippen LogP contribution is 2.41. The van der Waals surface area contributed by atoms with Crippen molar-refractivity contribution in [2.45, 2.75) is 44.6 Å². The van der Waals surface area contributed by atoms with Crippen molar-refractivity contribution in [3.05, 3.63) is 51.8 Å². The van der Waals surface area contributed by atoms with E-state index in [-0.39, 0.29) is 35.3 Å². The number of carboxylic acid groups (broad SMARTS) is 1. The fraction of sp³-hybridized carbons (Fsp3) is 0.407. The lowest BCUT2D eigenvalue weighted by atomic mass is 9.88. The zero-order valence-electron chi connectivity index (χ0n) is 21.0. The number of nitrogens with zero attached hydrogens (tertiary/aromatic N) is 1. The summed E-state index contributed by atoms with van der Waals surface area (Å²) in [6, 6.07) is 7.31. The van der Waals surface area contributed by atoms with Gasteiger partial charge >= 0.3 is 5.97 Å². The van der Waals surface area contributed by atoms with Gasteiger partial charge in [-0.05, 0) is 80.8 Å². The van der Waals surface area contributed by atoms with Gasteiger partial charge in [-0.2, -0.15) is 0 Å². The first-order valence-corrected chi connectivity index (χ1v) is 12.6. The second kappa shape index (κ2) is 11.4. The molecule has 3 heterocycles. The van der Waals surface area contributed by atoms with Crippen LogP contribution in [-0.4, -0.2) is 57.8 Å². The maximum atomic E-state index is 12.9. The number of aromatic amines is 1. The van der Waals surface area contributed by atoms with Crippen molar-refractivity contribution >= 4 is 35.3 Å². The number of benzene rings is 1. The largest absolute Gasteiger partial charge is 0.507 e. The molecule has 0 radical (unpaired) electrons. The number of carboxylic acids is 1. The molecule has 0 spiro atoms. The van der Waals surface area contributed by atoms with Crippen molar-refractivity contribution in [1.82, 2.24) is 20.6 Å². The molecule has 0 bridgehead atoms. The van der Waals surface area contributed by atoms with Crippen LogP contribution < -0.4 is 20.9 Å². The lowest BCUT2D eigenvalue weighted by Crippen LogP contribution is -2.40. The number of aromatic nitrogens is 2. The Bertz CT molecular complexity index is 1410. The quantitative estimate of drug-likeness (QED) is 0.291. The Labute approximate surface area is 225 Å². The number of amides is 1. The van der Waals surface area contributed by atoms with Gasteiger partial charge in [-0.15, -0.1) is 12.4 Å². The summed E-state index contributed by atoms with van der Waals surface area (Å²) < 4.78 is 6.04. The zero-order valence-corrected chi connectivity index (χ0v) is 21.8. The maximum absolute atomic E-state index is 12.9. The van der Waals surface area contributed by atoms with Gasteiger partial charge in [0.2, 0.25) is 0 Å². The molecular weight excluding hydrogens is 512 g/mol. The average molecular weight is 543 g/mol. The maximum Gasteiger partial charge on any atom is 0.325 e. The summed E-state index contributed by atoms with van der Waals surface area (Å²) in [6.07, 6.45) is 4.12. The van der Waals surface area contributed by atoms with Gasteiger partial charge < -0.3 is 30.6 Å². The summed E-state index contributed by atoms with van der Waals surface area (Å²) in [6.45, 7) is 3.51. The van der Waals surface area contributed by atoms with Gasteiger partial charge in [0, 0.05) is 11.9 Å². The fourth-order valence-electron chi connectivity index (χ4n) is 4.68. The Kier molecular flexibility index (Phi) is 8.23. The standard InChI is InChI=1S/C27H30N4O6.ClH/c1-14(27(35)36)29-25(33)19-10-18-17(16-4-3-9-28-12-16)11-20(30-24(18)31-26(19)34)23-21(32)5-2-6-22(23)37-13-15-7-8-15;/h2,5-6,10-11,14-16,28,32H,3-4,7-9,12-13H2,1H3,(H,29,33)(H,35,36)(H,30,31,34);1H/t14-,16?;/m0./s1. The first-order chi connectivity index (χ1) is 17.8. The molecular formula is C27H31ClN4O6. The van der Waals surface area contributed by atoms with E-state index in [1.807, 2.05) is 6.07 Å².